The van der Waals surface area contributed by atoms with Crippen molar-refractivity contribution in [3.05, 3.63) is 40.5 Å². The van der Waals surface area contributed by atoms with Crippen LogP contribution < -0.4 is 9.64 Å². The number of anilines is 1. The molecule has 1 saturated heterocycles. The van der Waals surface area contributed by atoms with Crippen molar-refractivity contribution in [3.8, 4) is 5.75 Å². The van der Waals surface area contributed by atoms with E-state index in [9.17, 15) is 19.7 Å². The second-order valence-corrected chi connectivity index (χ2v) is 7.35. The van der Waals surface area contributed by atoms with E-state index in [0.29, 0.717) is 5.69 Å². The molecule has 1 aliphatic heterocycles. The molecule has 0 unspecified atom stereocenters. The monoisotopic (exact) mass is 340 g/mol. The highest BCUT2D eigenvalue weighted by Gasteiger charge is 2.73. The van der Waals surface area contributed by atoms with Crippen LogP contribution in [0.1, 0.15) is 12.8 Å². The van der Waals surface area contributed by atoms with E-state index >= 15 is 0 Å². The number of carbonyl (C=O) groups excluding carboxylic acids is 2. The molecule has 2 amide bonds. The number of imide groups is 1. The van der Waals surface area contributed by atoms with Crippen LogP contribution in [0.2, 0.25) is 0 Å². The van der Waals surface area contributed by atoms with Gasteiger partial charge in [0.25, 0.3) is 5.69 Å². The van der Waals surface area contributed by atoms with Crippen molar-refractivity contribution in [2.24, 2.45) is 29.1 Å². The molecule has 3 fully saturated rings. The maximum absolute atomic E-state index is 13.1. The van der Waals surface area contributed by atoms with Crippen molar-refractivity contribution >= 4 is 23.2 Å². The lowest BCUT2D eigenvalue weighted by Gasteiger charge is -2.22. The fraction of sp³-hybridized carbons (Fsp3) is 0.444. The maximum Gasteiger partial charge on any atom is 0.273 e. The van der Waals surface area contributed by atoms with Crippen molar-refractivity contribution in [3.63, 3.8) is 0 Å². The van der Waals surface area contributed by atoms with Crippen LogP contribution in [0.25, 0.3) is 0 Å². The minimum absolute atomic E-state index is 0.140. The lowest BCUT2D eigenvalue weighted by molar-refractivity contribution is -0.384. The normalized spacial score (nSPS) is 33.2. The number of nitrogens with zero attached hydrogens (tertiary/aromatic N) is 2. The van der Waals surface area contributed by atoms with Crippen LogP contribution in [-0.2, 0) is 9.59 Å². The first kappa shape index (κ1) is 14.6. The Morgan fingerprint density at radius 3 is 2.24 bits per heavy atom. The fourth-order valence-electron chi connectivity index (χ4n) is 5.28. The van der Waals surface area contributed by atoms with Crippen LogP contribution in [0.5, 0.6) is 5.75 Å². The molecular weight excluding hydrogens is 324 g/mol. The van der Waals surface area contributed by atoms with Crippen molar-refractivity contribution in [1.82, 2.24) is 0 Å². The summed E-state index contributed by atoms with van der Waals surface area (Å²) in [6.45, 7) is 0. The number of ether oxygens (including phenoxy) is 1. The third-order valence-corrected chi connectivity index (χ3v) is 6.47. The van der Waals surface area contributed by atoms with E-state index in [4.69, 9.17) is 4.74 Å². The third-order valence-electron chi connectivity index (χ3n) is 6.47. The first-order valence-corrected chi connectivity index (χ1v) is 8.38. The quantitative estimate of drug-likeness (QED) is 0.364. The molecule has 1 aromatic rings. The van der Waals surface area contributed by atoms with Crippen molar-refractivity contribution in [2.75, 3.05) is 12.0 Å². The molecule has 7 nitrogen and oxygen atoms in total. The minimum Gasteiger partial charge on any atom is -0.494 e. The van der Waals surface area contributed by atoms with Crippen molar-refractivity contribution < 1.29 is 19.2 Å². The number of rotatable bonds is 3. The third kappa shape index (κ3) is 1.61. The second kappa shape index (κ2) is 4.47. The topological polar surface area (TPSA) is 89.8 Å². The van der Waals surface area contributed by atoms with Crippen molar-refractivity contribution in [2.45, 2.75) is 12.8 Å². The summed E-state index contributed by atoms with van der Waals surface area (Å²) in [4.78, 5) is 37.7. The number of amides is 2. The zero-order chi connectivity index (χ0) is 17.5. The maximum atomic E-state index is 13.1. The van der Waals surface area contributed by atoms with Gasteiger partial charge in [0.1, 0.15) is 5.75 Å². The van der Waals surface area contributed by atoms with Gasteiger partial charge < -0.3 is 4.74 Å². The van der Waals surface area contributed by atoms with E-state index in [1.807, 2.05) is 0 Å². The molecule has 4 aliphatic rings. The summed E-state index contributed by atoms with van der Waals surface area (Å²) in [6, 6.07) is 3.97. The smallest absolute Gasteiger partial charge is 0.273 e. The van der Waals surface area contributed by atoms with E-state index in [1.165, 1.54) is 30.2 Å². The van der Waals surface area contributed by atoms with Gasteiger partial charge in [0.2, 0.25) is 11.8 Å². The molecule has 0 N–H and O–H groups in total. The second-order valence-electron chi connectivity index (χ2n) is 7.35. The van der Waals surface area contributed by atoms with Crippen LogP contribution in [-0.4, -0.2) is 23.8 Å². The summed E-state index contributed by atoms with van der Waals surface area (Å²) in [5.74, 6) is -0.552. The summed E-state index contributed by atoms with van der Waals surface area (Å²) in [5.41, 5.74) is 0.298. The zero-order valence-corrected chi connectivity index (χ0v) is 13.5. The van der Waals surface area contributed by atoms with Gasteiger partial charge in [-0.05, 0) is 36.2 Å². The number of non-ortho nitro benzene ring substituents is 1. The molecule has 7 heteroatoms. The summed E-state index contributed by atoms with van der Waals surface area (Å²) < 4.78 is 5.22. The first-order valence-electron chi connectivity index (χ1n) is 8.38. The van der Waals surface area contributed by atoms with Crippen molar-refractivity contribution in [1.29, 1.82) is 0 Å². The van der Waals surface area contributed by atoms with Gasteiger partial charge in [-0.15, -0.1) is 0 Å². The van der Waals surface area contributed by atoms with Gasteiger partial charge in [0, 0.05) is 6.07 Å². The Morgan fingerprint density at radius 2 is 1.76 bits per heavy atom. The molecule has 2 bridgehead atoms. The number of fused-ring (bicyclic) bond motifs is 3. The Kier molecular flexibility index (Phi) is 2.62. The van der Waals surface area contributed by atoms with Gasteiger partial charge in [-0.1, -0.05) is 12.2 Å². The molecule has 1 aromatic carbocycles. The van der Waals surface area contributed by atoms with Crippen LogP contribution in [0.4, 0.5) is 11.4 Å². The van der Waals surface area contributed by atoms with Crippen LogP contribution in [0, 0.1) is 39.2 Å². The molecule has 3 aliphatic carbocycles. The molecule has 2 saturated carbocycles. The standard InChI is InChI=1S/C18H16N2O5/c1-25-13-8-9(20(23)24)2-5-12(13)19-16(21)14-10-3-4-11(15(14)17(19)22)18(10)6-7-18/h2-5,8,10-11,14-15H,6-7H2,1H3/t10-,11+,14+,15-. The number of methoxy groups -OCH3 is 1. The Bertz CT molecular complexity index is 838. The Hall–Kier alpha value is -2.70. The summed E-state index contributed by atoms with van der Waals surface area (Å²) >= 11 is 0. The Morgan fingerprint density at radius 1 is 1.16 bits per heavy atom. The molecule has 0 radical (unpaired) electrons. The van der Waals surface area contributed by atoms with E-state index < -0.39 is 4.92 Å². The number of hydrogen-bond acceptors (Lipinski definition) is 5. The lowest BCUT2D eigenvalue weighted by atomic mass is 9.85. The van der Waals surface area contributed by atoms with Crippen LogP contribution in [0.15, 0.2) is 30.4 Å². The van der Waals surface area contributed by atoms with Gasteiger partial charge in [-0.25, -0.2) is 4.90 Å². The molecule has 4 atom stereocenters. The number of nitro benzene ring substituents is 1. The highest BCUT2D eigenvalue weighted by molar-refractivity contribution is 6.23. The predicted octanol–water partition coefficient (Wildman–Crippen LogP) is 2.30. The largest absolute Gasteiger partial charge is 0.494 e. The van der Waals surface area contributed by atoms with Gasteiger partial charge in [0.15, 0.2) is 0 Å². The van der Waals surface area contributed by atoms with Gasteiger partial charge in [0.05, 0.1) is 35.6 Å². The predicted molar refractivity (Wildman–Crippen MR) is 86.9 cm³/mol. The van der Waals surface area contributed by atoms with Gasteiger partial charge in [-0.3, -0.25) is 19.7 Å². The average molecular weight is 340 g/mol. The molecule has 5 rings (SSSR count). The number of carbonyl (C=O) groups is 2. The Labute approximate surface area is 143 Å². The summed E-state index contributed by atoms with van der Waals surface area (Å²) in [6.07, 6.45) is 6.40. The van der Waals surface area contributed by atoms with E-state index in [0.717, 1.165) is 12.8 Å². The highest BCUT2D eigenvalue weighted by atomic mass is 16.6. The minimum atomic E-state index is -0.532. The lowest BCUT2D eigenvalue weighted by Crippen LogP contribution is -2.35. The molecule has 128 valence electrons. The van der Waals surface area contributed by atoms with Crippen LogP contribution >= 0.6 is 0 Å². The Balaban J connectivity index is 1.56. The van der Waals surface area contributed by atoms with Gasteiger partial charge >= 0.3 is 0 Å². The highest BCUT2D eigenvalue weighted by Crippen LogP contribution is 2.73. The fourth-order valence-corrected chi connectivity index (χ4v) is 5.28. The van der Waals surface area contributed by atoms with Gasteiger partial charge in [-0.2, -0.15) is 0 Å². The summed E-state index contributed by atoms with van der Waals surface area (Å²) in [5, 5.41) is 11.0. The van der Waals surface area contributed by atoms with Crippen LogP contribution in [0.3, 0.4) is 0 Å². The van der Waals surface area contributed by atoms with E-state index in [1.54, 1.807) is 0 Å². The average Bonchev–Trinajstić information content (AvgIpc) is 3.20. The summed E-state index contributed by atoms with van der Waals surface area (Å²) in [7, 11) is 1.37. The number of hydrogen-bond donors (Lipinski definition) is 0. The molecular formula is C18H16N2O5. The zero-order valence-electron chi connectivity index (χ0n) is 13.5. The molecule has 1 heterocycles. The SMILES string of the molecule is COc1cc([N+](=O)[O-])ccc1N1C(=O)[C@@H]2[C@H](C1=O)[C@@H]1C=C[C@H]2C12CC2. The number of nitro groups is 1. The van der Waals surface area contributed by atoms with E-state index in [2.05, 4.69) is 12.2 Å². The first-order chi connectivity index (χ1) is 12.0. The van der Waals surface area contributed by atoms with E-state index in [-0.39, 0.29) is 52.3 Å². The molecule has 1 spiro atoms. The number of allylic oxidation sites excluding steroid dienone is 2. The number of benzene rings is 1. The molecule has 0 aromatic heterocycles. The molecule has 25 heavy (non-hydrogen) atoms.